The highest BCUT2D eigenvalue weighted by Crippen LogP contribution is 2.33. The number of aryl methyl sites for hydroxylation is 1. The van der Waals surface area contributed by atoms with Crippen molar-refractivity contribution in [3.63, 3.8) is 0 Å². The molecule has 0 unspecified atom stereocenters. The van der Waals surface area contributed by atoms with E-state index in [1.807, 2.05) is 4.90 Å². The molecular weight excluding hydrogens is 414 g/mol. The molecule has 3 aliphatic rings. The maximum atomic E-state index is 13.4. The molecule has 1 aromatic carbocycles. The number of piperidine rings is 1. The summed E-state index contributed by atoms with van der Waals surface area (Å²) >= 11 is 0. The third kappa shape index (κ3) is 3.88. The van der Waals surface area contributed by atoms with Crippen LogP contribution in [0.4, 0.5) is 0 Å². The van der Waals surface area contributed by atoms with Crippen LogP contribution in [0, 0.1) is 12.8 Å². The molecule has 0 bridgehead atoms. The minimum atomic E-state index is -0.0598. The first-order valence-corrected chi connectivity index (χ1v) is 12.3. The number of aromatic nitrogens is 3. The van der Waals surface area contributed by atoms with Crippen LogP contribution in [0.1, 0.15) is 66.2 Å². The number of carbonyl (C=O) groups excluding carboxylic acids is 1. The second-order valence-electron chi connectivity index (χ2n) is 10.00. The maximum absolute atomic E-state index is 13.4. The van der Waals surface area contributed by atoms with E-state index in [0.29, 0.717) is 30.7 Å². The van der Waals surface area contributed by atoms with Crippen molar-refractivity contribution in [1.29, 1.82) is 0 Å². The zero-order chi connectivity index (χ0) is 22.5. The van der Waals surface area contributed by atoms with E-state index in [-0.39, 0.29) is 23.4 Å². The third-order valence-electron chi connectivity index (χ3n) is 7.50. The van der Waals surface area contributed by atoms with Gasteiger partial charge in [0.2, 0.25) is 5.91 Å². The standard InChI is InChI=1S/C26H31N5O2/c1-17-5-7-18(8-6-17)15-29-12-3-2-4-23(29)22-14-24-27-21-11-13-30(25(32)19-9-10-19)16-20(21)26(33)31(24)28-22/h5-8,14,19,23,28H,2-4,9-13,15-16H2,1H3/t23-/m0/s1. The lowest BCUT2D eigenvalue weighted by atomic mass is 9.98. The highest BCUT2D eigenvalue weighted by atomic mass is 16.2. The van der Waals surface area contributed by atoms with Gasteiger partial charge in [-0.15, -0.1) is 0 Å². The van der Waals surface area contributed by atoms with E-state index in [4.69, 9.17) is 4.98 Å². The molecule has 33 heavy (non-hydrogen) atoms. The van der Waals surface area contributed by atoms with Crippen LogP contribution in [-0.2, 0) is 24.3 Å². The van der Waals surface area contributed by atoms with Gasteiger partial charge in [0.05, 0.1) is 29.5 Å². The van der Waals surface area contributed by atoms with Gasteiger partial charge in [0.25, 0.3) is 5.56 Å². The van der Waals surface area contributed by atoms with E-state index in [1.165, 1.54) is 24.0 Å². The molecule has 7 nitrogen and oxygen atoms in total. The molecule has 1 N–H and O–H groups in total. The number of hydrogen-bond acceptors (Lipinski definition) is 4. The van der Waals surface area contributed by atoms with Crippen LogP contribution in [0.3, 0.4) is 0 Å². The average Bonchev–Trinajstić information content (AvgIpc) is 3.60. The van der Waals surface area contributed by atoms with Crippen LogP contribution in [-0.4, -0.2) is 43.4 Å². The minimum absolute atomic E-state index is 0.0598. The lowest BCUT2D eigenvalue weighted by molar-refractivity contribution is -0.133. The summed E-state index contributed by atoms with van der Waals surface area (Å²) in [6.07, 6.45) is 6.07. The van der Waals surface area contributed by atoms with Gasteiger partial charge in [-0.05, 0) is 44.7 Å². The van der Waals surface area contributed by atoms with Crippen LogP contribution < -0.4 is 5.56 Å². The lowest BCUT2D eigenvalue weighted by Gasteiger charge is -2.35. The quantitative estimate of drug-likeness (QED) is 0.668. The van der Waals surface area contributed by atoms with Crippen molar-refractivity contribution in [3.8, 4) is 0 Å². The van der Waals surface area contributed by atoms with Gasteiger partial charge in [-0.3, -0.25) is 19.6 Å². The van der Waals surface area contributed by atoms with Gasteiger partial charge >= 0.3 is 0 Å². The first-order chi connectivity index (χ1) is 16.1. The van der Waals surface area contributed by atoms with E-state index >= 15 is 0 Å². The predicted octanol–water partition coefficient (Wildman–Crippen LogP) is 3.35. The summed E-state index contributed by atoms with van der Waals surface area (Å²) in [5.41, 5.74) is 5.80. The summed E-state index contributed by atoms with van der Waals surface area (Å²) in [7, 11) is 0. The first-order valence-electron chi connectivity index (χ1n) is 12.3. The second kappa shape index (κ2) is 8.13. The first kappa shape index (κ1) is 20.7. The van der Waals surface area contributed by atoms with Crippen molar-refractivity contribution in [2.45, 2.75) is 64.6 Å². The number of nitrogens with one attached hydrogen (secondary N) is 1. The second-order valence-corrected chi connectivity index (χ2v) is 10.00. The van der Waals surface area contributed by atoms with Crippen molar-refractivity contribution in [2.24, 2.45) is 5.92 Å². The summed E-state index contributed by atoms with van der Waals surface area (Å²) < 4.78 is 1.60. The number of aromatic amines is 1. The average molecular weight is 446 g/mol. The summed E-state index contributed by atoms with van der Waals surface area (Å²) in [6.45, 7) is 5.11. The summed E-state index contributed by atoms with van der Waals surface area (Å²) in [5, 5.41) is 3.38. The Bertz CT molecular complexity index is 1250. The van der Waals surface area contributed by atoms with E-state index in [1.54, 1.807) is 4.52 Å². The Morgan fingerprint density at radius 2 is 1.94 bits per heavy atom. The Kier molecular flexibility index (Phi) is 5.09. The molecule has 1 aliphatic carbocycles. The van der Waals surface area contributed by atoms with E-state index in [2.05, 4.69) is 47.3 Å². The number of rotatable bonds is 4. The molecule has 1 atom stereocenters. The SMILES string of the molecule is Cc1ccc(CN2CCCC[C@H]2c2cc3nc4c(c(=O)n3[nH]2)CN(C(=O)C2CC2)CC4)cc1. The van der Waals surface area contributed by atoms with Crippen LogP contribution in [0.2, 0.25) is 0 Å². The van der Waals surface area contributed by atoms with Gasteiger partial charge in [-0.1, -0.05) is 36.2 Å². The van der Waals surface area contributed by atoms with Gasteiger partial charge in [-0.25, -0.2) is 9.50 Å². The van der Waals surface area contributed by atoms with E-state index < -0.39 is 0 Å². The molecule has 0 spiro atoms. The fourth-order valence-electron chi connectivity index (χ4n) is 5.41. The molecular formula is C26H31N5O2. The van der Waals surface area contributed by atoms with Crippen LogP contribution in [0.25, 0.3) is 5.65 Å². The smallest absolute Gasteiger partial charge is 0.277 e. The van der Waals surface area contributed by atoms with Gasteiger partial charge in [-0.2, -0.15) is 0 Å². The largest absolute Gasteiger partial charge is 0.337 e. The van der Waals surface area contributed by atoms with Gasteiger partial charge in [0.15, 0.2) is 5.65 Å². The topological polar surface area (TPSA) is 73.7 Å². The zero-order valence-electron chi connectivity index (χ0n) is 19.2. The molecule has 2 aromatic heterocycles. The molecule has 3 aromatic rings. The molecule has 2 fully saturated rings. The molecule has 1 amide bonds. The van der Waals surface area contributed by atoms with Crippen molar-refractivity contribution < 1.29 is 4.79 Å². The molecule has 1 saturated heterocycles. The van der Waals surface area contributed by atoms with Gasteiger partial charge in [0, 0.05) is 31.5 Å². The normalized spacial score (nSPS) is 21.4. The molecule has 6 rings (SSSR count). The van der Waals surface area contributed by atoms with E-state index in [9.17, 15) is 9.59 Å². The Morgan fingerprint density at radius 3 is 2.73 bits per heavy atom. The lowest BCUT2D eigenvalue weighted by Crippen LogP contribution is -2.41. The fourth-order valence-corrected chi connectivity index (χ4v) is 5.41. The molecule has 1 saturated carbocycles. The molecule has 7 heteroatoms. The number of carbonyl (C=O) groups is 1. The number of fused-ring (bicyclic) bond motifs is 2. The van der Waals surface area contributed by atoms with Gasteiger partial charge < -0.3 is 4.90 Å². The Labute approximate surface area is 193 Å². The van der Waals surface area contributed by atoms with Crippen LogP contribution in [0.15, 0.2) is 35.1 Å². The van der Waals surface area contributed by atoms with Crippen molar-refractivity contribution in [2.75, 3.05) is 13.1 Å². The van der Waals surface area contributed by atoms with E-state index in [0.717, 1.165) is 43.7 Å². The molecule has 2 aliphatic heterocycles. The highest BCUT2D eigenvalue weighted by molar-refractivity contribution is 5.81. The number of likely N-dealkylation sites (tertiary alicyclic amines) is 1. The van der Waals surface area contributed by atoms with Crippen LogP contribution >= 0.6 is 0 Å². The molecule has 0 radical (unpaired) electrons. The predicted molar refractivity (Wildman–Crippen MR) is 126 cm³/mol. The number of amides is 1. The zero-order valence-corrected chi connectivity index (χ0v) is 19.2. The monoisotopic (exact) mass is 445 g/mol. The van der Waals surface area contributed by atoms with Crippen molar-refractivity contribution in [1.82, 2.24) is 24.4 Å². The molecule has 4 heterocycles. The number of H-pyrrole nitrogens is 1. The molecule has 172 valence electrons. The number of nitrogens with zero attached hydrogens (tertiary/aromatic N) is 4. The van der Waals surface area contributed by atoms with Crippen LogP contribution in [0.5, 0.6) is 0 Å². The Morgan fingerprint density at radius 1 is 1.12 bits per heavy atom. The fraction of sp³-hybridized carbons (Fsp3) is 0.500. The summed E-state index contributed by atoms with van der Waals surface area (Å²) in [6, 6.07) is 11.1. The Hall–Kier alpha value is -2.93. The van der Waals surface area contributed by atoms with Crippen molar-refractivity contribution >= 4 is 11.6 Å². The van der Waals surface area contributed by atoms with Gasteiger partial charge in [0.1, 0.15) is 0 Å². The third-order valence-corrected chi connectivity index (χ3v) is 7.50. The maximum Gasteiger partial charge on any atom is 0.277 e. The van der Waals surface area contributed by atoms with Crippen molar-refractivity contribution in [3.05, 3.63) is 68.8 Å². The summed E-state index contributed by atoms with van der Waals surface area (Å²) in [5.74, 6) is 0.375. The minimum Gasteiger partial charge on any atom is -0.337 e. The number of hydrogen-bond donors (Lipinski definition) is 1. The Balaban J connectivity index is 1.30. The summed E-state index contributed by atoms with van der Waals surface area (Å²) in [4.78, 5) is 35.1. The number of benzene rings is 1. The highest BCUT2D eigenvalue weighted by Gasteiger charge is 2.36.